The Balaban J connectivity index is 1.37. The monoisotopic (exact) mass is 489 g/mol. The molecular formula is C21H19N3O5S3. The van der Waals surface area contributed by atoms with Gasteiger partial charge in [-0.15, -0.1) is 11.3 Å². The first-order valence-electron chi connectivity index (χ1n) is 9.54. The van der Waals surface area contributed by atoms with E-state index in [-0.39, 0.29) is 22.3 Å². The number of benzene rings is 2. The lowest BCUT2D eigenvalue weighted by atomic mass is 10.2. The van der Waals surface area contributed by atoms with Gasteiger partial charge in [-0.25, -0.2) is 18.4 Å². The molecule has 0 bridgehead atoms. The number of oxazole rings is 1. The third kappa shape index (κ3) is 4.95. The summed E-state index contributed by atoms with van der Waals surface area (Å²) in [4.78, 5) is 21.3. The molecule has 1 amide bonds. The lowest BCUT2D eigenvalue weighted by molar-refractivity contribution is -0.113. The molecule has 0 aliphatic carbocycles. The van der Waals surface area contributed by atoms with E-state index in [1.54, 1.807) is 20.1 Å². The van der Waals surface area contributed by atoms with Crippen LogP contribution in [0.2, 0.25) is 0 Å². The fraction of sp³-hybridized carbons (Fsp3) is 0.190. The smallest absolute Gasteiger partial charge is 0.257 e. The highest BCUT2D eigenvalue weighted by Crippen LogP contribution is 2.28. The van der Waals surface area contributed by atoms with Crippen molar-refractivity contribution in [1.29, 1.82) is 0 Å². The number of aromatic nitrogens is 2. The van der Waals surface area contributed by atoms with Crippen molar-refractivity contribution < 1.29 is 22.4 Å². The summed E-state index contributed by atoms with van der Waals surface area (Å²) in [6.45, 7) is 1.59. The van der Waals surface area contributed by atoms with Crippen LogP contribution in [0.4, 0.5) is 5.13 Å². The van der Waals surface area contributed by atoms with Crippen LogP contribution in [0, 0.1) is 0 Å². The zero-order valence-corrected chi connectivity index (χ0v) is 19.6. The first kappa shape index (κ1) is 22.3. The number of sulfone groups is 1. The van der Waals surface area contributed by atoms with Crippen LogP contribution in [0.1, 0.15) is 6.92 Å². The Kier molecular flexibility index (Phi) is 6.49. The van der Waals surface area contributed by atoms with Crippen LogP contribution in [-0.2, 0) is 14.6 Å². The summed E-state index contributed by atoms with van der Waals surface area (Å²) in [7, 11) is -1.72. The van der Waals surface area contributed by atoms with Crippen molar-refractivity contribution in [1.82, 2.24) is 9.97 Å². The van der Waals surface area contributed by atoms with Gasteiger partial charge in [0.15, 0.2) is 20.6 Å². The SMILES string of the molecule is CCS(=O)(=O)c1ccc2oc(SCC(=O)Nc3nc(-c4ccc(OC)cc4)cs3)nc2c1. The molecule has 2 aromatic heterocycles. The van der Waals surface area contributed by atoms with Crippen LogP contribution >= 0.6 is 23.1 Å². The molecular weight excluding hydrogens is 470 g/mol. The largest absolute Gasteiger partial charge is 0.497 e. The number of carbonyl (C=O) groups is 1. The van der Waals surface area contributed by atoms with E-state index < -0.39 is 9.84 Å². The average Bonchev–Trinajstić information content (AvgIpc) is 3.44. The van der Waals surface area contributed by atoms with E-state index in [2.05, 4.69) is 15.3 Å². The molecule has 166 valence electrons. The number of methoxy groups -OCH3 is 1. The second-order valence-electron chi connectivity index (χ2n) is 6.62. The number of anilines is 1. The van der Waals surface area contributed by atoms with Gasteiger partial charge in [0, 0.05) is 10.9 Å². The van der Waals surface area contributed by atoms with Crippen molar-refractivity contribution in [3.8, 4) is 17.0 Å². The molecule has 0 aliphatic heterocycles. The Labute approximate surface area is 192 Å². The summed E-state index contributed by atoms with van der Waals surface area (Å²) in [5.41, 5.74) is 2.59. The number of nitrogens with zero attached hydrogens (tertiary/aromatic N) is 2. The molecule has 2 aromatic carbocycles. The number of hydrogen-bond donors (Lipinski definition) is 1. The molecule has 0 fully saturated rings. The number of nitrogens with one attached hydrogen (secondary N) is 1. The lowest BCUT2D eigenvalue weighted by Gasteiger charge is -2.01. The maximum absolute atomic E-state index is 12.3. The van der Waals surface area contributed by atoms with Crippen LogP contribution in [0.25, 0.3) is 22.4 Å². The molecule has 0 unspecified atom stereocenters. The van der Waals surface area contributed by atoms with Crippen LogP contribution in [0.5, 0.6) is 5.75 Å². The number of amides is 1. The van der Waals surface area contributed by atoms with Crippen molar-refractivity contribution in [3.63, 3.8) is 0 Å². The minimum absolute atomic E-state index is 0.00900. The van der Waals surface area contributed by atoms with E-state index in [1.807, 2.05) is 29.6 Å². The highest BCUT2D eigenvalue weighted by Gasteiger charge is 2.16. The highest BCUT2D eigenvalue weighted by atomic mass is 32.2. The number of fused-ring (bicyclic) bond motifs is 1. The normalized spacial score (nSPS) is 11.6. The van der Waals surface area contributed by atoms with Gasteiger partial charge < -0.3 is 14.5 Å². The molecule has 11 heteroatoms. The Hall–Kier alpha value is -2.89. The molecule has 4 aromatic rings. The topological polar surface area (TPSA) is 111 Å². The molecule has 0 aliphatic rings. The Morgan fingerprint density at radius 1 is 1.19 bits per heavy atom. The fourth-order valence-electron chi connectivity index (χ4n) is 2.82. The van der Waals surface area contributed by atoms with E-state index in [0.29, 0.717) is 21.5 Å². The van der Waals surface area contributed by atoms with Gasteiger partial charge in [0.1, 0.15) is 11.3 Å². The number of ether oxygens (including phenoxy) is 1. The minimum atomic E-state index is -3.33. The van der Waals surface area contributed by atoms with E-state index in [1.165, 1.54) is 23.5 Å². The summed E-state index contributed by atoms with van der Waals surface area (Å²) in [6, 6.07) is 12.1. The van der Waals surface area contributed by atoms with Crippen molar-refractivity contribution in [3.05, 3.63) is 47.8 Å². The standard InChI is InChI=1S/C21H19N3O5S3/c1-3-32(26,27)15-8-9-18-16(10-15)23-21(29-18)31-12-19(25)24-20-22-17(11-30-20)13-4-6-14(28-2)7-5-13/h4-11H,3,12H2,1-2H3,(H,22,24,25). The Morgan fingerprint density at radius 2 is 1.97 bits per heavy atom. The molecule has 4 rings (SSSR count). The predicted molar refractivity (Wildman–Crippen MR) is 125 cm³/mol. The molecule has 32 heavy (non-hydrogen) atoms. The van der Waals surface area contributed by atoms with Gasteiger partial charge in [0.2, 0.25) is 5.91 Å². The number of carbonyl (C=O) groups excluding carboxylic acids is 1. The van der Waals surface area contributed by atoms with Crippen LogP contribution in [0.15, 0.2) is 62.4 Å². The predicted octanol–water partition coefficient (Wildman–Crippen LogP) is 4.48. The number of thioether (sulfide) groups is 1. The minimum Gasteiger partial charge on any atom is -0.497 e. The first-order valence-corrected chi connectivity index (χ1v) is 13.1. The van der Waals surface area contributed by atoms with E-state index in [4.69, 9.17) is 9.15 Å². The summed E-state index contributed by atoms with van der Waals surface area (Å²) >= 11 is 2.46. The van der Waals surface area contributed by atoms with E-state index >= 15 is 0 Å². The molecule has 0 spiro atoms. The van der Waals surface area contributed by atoms with Crippen molar-refractivity contribution in [2.45, 2.75) is 17.0 Å². The quantitative estimate of drug-likeness (QED) is 0.361. The second kappa shape index (κ2) is 9.31. The molecule has 2 heterocycles. The molecule has 0 atom stereocenters. The third-order valence-corrected chi connectivity index (χ3v) is 7.86. The highest BCUT2D eigenvalue weighted by molar-refractivity contribution is 7.99. The van der Waals surface area contributed by atoms with Crippen LogP contribution in [-0.4, -0.2) is 42.9 Å². The van der Waals surface area contributed by atoms with Gasteiger partial charge in [0.25, 0.3) is 5.22 Å². The van der Waals surface area contributed by atoms with E-state index in [0.717, 1.165) is 28.8 Å². The van der Waals surface area contributed by atoms with Gasteiger partial charge in [-0.2, -0.15) is 0 Å². The Morgan fingerprint density at radius 3 is 2.69 bits per heavy atom. The van der Waals surface area contributed by atoms with Crippen molar-refractivity contribution in [2.75, 3.05) is 23.9 Å². The van der Waals surface area contributed by atoms with Gasteiger partial charge in [-0.05, 0) is 42.5 Å². The van der Waals surface area contributed by atoms with Gasteiger partial charge in [-0.3, -0.25) is 4.79 Å². The molecule has 0 saturated heterocycles. The zero-order valence-electron chi connectivity index (χ0n) is 17.2. The summed E-state index contributed by atoms with van der Waals surface area (Å²) in [5, 5.41) is 5.42. The zero-order chi connectivity index (χ0) is 22.7. The fourth-order valence-corrected chi connectivity index (χ4v) is 5.09. The number of hydrogen-bond acceptors (Lipinski definition) is 9. The average molecular weight is 490 g/mol. The van der Waals surface area contributed by atoms with Gasteiger partial charge >= 0.3 is 0 Å². The van der Waals surface area contributed by atoms with E-state index in [9.17, 15) is 13.2 Å². The molecule has 8 nitrogen and oxygen atoms in total. The molecule has 0 radical (unpaired) electrons. The molecule has 0 saturated carbocycles. The Bertz CT molecular complexity index is 1360. The maximum atomic E-state index is 12.3. The molecule has 1 N–H and O–H groups in total. The third-order valence-electron chi connectivity index (χ3n) is 4.54. The van der Waals surface area contributed by atoms with Crippen molar-refractivity contribution in [2.24, 2.45) is 0 Å². The van der Waals surface area contributed by atoms with Gasteiger partial charge in [-0.1, -0.05) is 18.7 Å². The maximum Gasteiger partial charge on any atom is 0.257 e. The summed E-state index contributed by atoms with van der Waals surface area (Å²) < 4.78 is 34.8. The number of thiazole rings is 1. The lowest BCUT2D eigenvalue weighted by Crippen LogP contribution is -2.13. The first-order chi connectivity index (χ1) is 15.4. The second-order valence-corrected chi connectivity index (χ2v) is 10.7. The van der Waals surface area contributed by atoms with Gasteiger partial charge in [0.05, 0.1) is 29.2 Å². The summed E-state index contributed by atoms with van der Waals surface area (Å²) in [5.74, 6) is 0.596. The summed E-state index contributed by atoms with van der Waals surface area (Å²) in [6.07, 6.45) is 0. The van der Waals surface area contributed by atoms with Crippen LogP contribution < -0.4 is 10.1 Å². The van der Waals surface area contributed by atoms with Crippen molar-refractivity contribution >= 4 is 55.1 Å². The number of rotatable bonds is 8. The van der Waals surface area contributed by atoms with Crippen LogP contribution in [0.3, 0.4) is 0 Å².